The summed E-state index contributed by atoms with van der Waals surface area (Å²) in [5, 5.41) is 3.50. The van der Waals surface area contributed by atoms with Gasteiger partial charge in [-0.05, 0) is 48.0 Å². The van der Waals surface area contributed by atoms with Crippen LogP contribution in [-0.2, 0) is 11.3 Å². The molecule has 4 heterocycles. The van der Waals surface area contributed by atoms with Gasteiger partial charge in [0.05, 0.1) is 11.6 Å². The molecule has 0 aliphatic carbocycles. The molecule has 4 rings (SSSR count). The number of rotatable bonds is 4. The van der Waals surface area contributed by atoms with Crippen LogP contribution in [0.15, 0.2) is 18.7 Å². The average Bonchev–Trinajstić information content (AvgIpc) is 3.28. The lowest BCUT2D eigenvalue weighted by Gasteiger charge is -2.28. The summed E-state index contributed by atoms with van der Waals surface area (Å²) in [5.41, 5.74) is 1.74. The van der Waals surface area contributed by atoms with Gasteiger partial charge >= 0.3 is 6.09 Å². The van der Waals surface area contributed by atoms with Crippen molar-refractivity contribution >= 4 is 23.1 Å². The van der Waals surface area contributed by atoms with E-state index >= 15 is 0 Å². The zero-order valence-electron chi connectivity index (χ0n) is 19.5. The lowest BCUT2D eigenvalue weighted by atomic mass is 10.1. The van der Waals surface area contributed by atoms with Gasteiger partial charge in [0.2, 0.25) is 0 Å². The number of anilines is 1. The molecular weight excluding hydrogens is 408 g/mol. The molecule has 1 aliphatic heterocycles. The van der Waals surface area contributed by atoms with Gasteiger partial charge in [0, 0.05) is 31.5 Å². The number of aromatic nitrogens is 6. The Labute approximate surface area is 187 Å². The molecule has 3 aromatic heterocycles. The standard InChI is InChI=1S/C22H30N8O2/c1-7-29-19(15-10-23-14(3)24-11-15)28-17-18(25-12-26-20(17)29)27-16-8-9-30(13(16)2)21(31)32-22(4,5)6/h10-13,16H,7-9H2,1-6H3,(H,25,26,27). The van der Waals surface area contributed by atoms with E-state index in [1.54, 1.807) is 23.6 Å². The van der Waals surface area contributed by atoms with Crippen LogP contribution < -0.4 is 5.32 Å². The summed E-state index contributed by atoms with van der Waals surface area (Å²) in [4.78, 5) is 36.7. The van der Waals surface area contributed by atoms with Gasteiger partial charge in [0.15, 0.2) is 17.0 Å². The lowest BCUT2D eigenvalue weighted by Crippen LogP contribution is -2.42. The summed E-state index contributed by atoms with van der Waals surface area (Å²) in [6, 6.07) is -0.0216. The van der Waals surface area contributed by atoms with E-state index in [1.165, 1.54) is 0 Å². The maximum atomic E-state index is 12.6. The number of amides is 1. The number of fused-ring (bicyclic) bond motifs is 1. The summed E-state index contributed by atoms with van der Waals surface area (Å²) >= 11 is 0. The number of nitrogens with zero attached hydrogens (tertiary/aromatic N) is 7. The Hall–Kier alpha value is -3.30. The van der Waals surface area contributed by atoms with Gasteiger partial charge in [-0.25, -0.2) is 29.7 Å². The molecule has 1 fully saturated rings. The first kappa shape index (κ1) is 21.9. The third kappa shape index (κ3) is 4.21. The molecule has 1 saturated heterocycles. The molecule has 0 saturated carbocycles. The molecule has 2 atom stereocenters. The number of nitrogens with one attached hydrogen (secondary N) is 1. The third-order valence-corrected chi connectivity index (χ3v) is 5.59. The molecule has 10 heteroatoms. The average molecular weight is 439 g/mol. The highest BCUT2D eigenvalue weighted by atomic mass is 16.6. The number of aryl methyl sites for hydroxylation is 2. The van der Waals surface area contributed by atoms with E-state index in [0.717, 1.165) is 23.5 Å². The Morgan fingerprint density at radius 2 is 1.94 bits per heavy atom. The van der Waals surface area contributed by atoms with Gasteiger partial charge in [-0.1, -0.05) is 0 Å². The molecule has 32 heavy (non-hydrogen) atoms. The zero-order chi connectivity index (χ0) is 23.0. The van der Waals surface area contributed by atoms with Gasteiger partial charge in [0.25, 0.3) is 0 Å². The monoisotopic (exact) mass is 438 g/mol. The molecule has 1 N–H and O–H groups in total. The number of imidazole rings is 1. The minimum Gasteiger partial charge on any atom is -0.444 e. The number of ether oxygens (including phenoxy) is 1. The van der Waals surface area contributed by atoms with Crippen LogP contribution >= 0.6 is 0 Å². The van der Waals surface area contributed by atoms with E-state index in [4.69, 9.17) is 9.72 Å². The molecule has 0 aromatic carbocycles. The second-order valence-electron chi connectivity index (χ2n) is 9.05. The molecule has 2 unspecified atom stereocenters. The molecule has 10 nitrogen and oxygen atoms in total. The fraction of sp³-hybridized carbons (Fsp3) is 0.545. The number of hydrogen-bond acceptors (Lipinski definition) is 8. The number of carbonyl (C=O) groups is 1. The Morgan fingerprint density at radius 3 is 2.59 bits per heavy atom. The molecule has 1 aliphatic rings. The first-order valence-electron chi connectivity index (χ1n) is 10.9. The summed E-state index contributed by atoms with van der Waals surface area (Å²) in [7, 11) is 0. The second-order valence-corrected chi connectivity index (χ2v) is 9.05. The number of likely N-dealkylation sites (tertiary alicyclic amines) is 1. The molecule has 1 amide bonds. The SMILES string of the molecule is CCn1c(-c2cnc(C)nc2)nc2c(NC3CCN(C(=O)OC(C)(C)C)C3C)ncnc21. The Kier molecular flexibility index (Phi) is 5.70. The van der Waals surface area contributed by atoms with E-state index in [-0.39, 0.29) is 18.2 Å². The molecule has 0 bridgehead atoms. The van der Waals surface area contributed by atoms with Crippen LogP contribution in [-0.4, -0.2) is 64.7 Å². The van der Waals surface area contributed by atoms with Crippen molar-refractivity contribution in [1.29, 1.82) is 0 Å². The number of carbonyl (C=O) groups excluding carboxylic acids is 1. The van der Waals surface area contributed by atoms with Crippen LogP contribution in [0.1, 0.15) is 46.9 Å². The van der Waals surface area contributed by atoms with E-state index in [1.807, 2.05) is 46.1 Å². The van der Waals surface area contributed by atoms with Gasteiger partial charge in [-0.3, -0.25) is 0 Å². The summed E-state index contributed by atoms with van der Waals surface area (Å²) in [6.45, 7) is 12.9. The first-order chi connectivity index (χ1) is 15.2. The van der Waals surface area contributed by atoms with E-state index in [2.05, 4.69) is 25.3 Å². The molecule has 0 spiro atoms. The van der Waals surface area contributed by atoms with Gasteiger partial charge in [-0.2, -0.15) is 0 Å². The molecule has 0 radical (unpaired) electrons. The quantitative estimate of drug-likeness (QED) is 0.660. The Balaban J connectivity index is 1.62. The van der Waals surface area contributed by atoms with Crippen LogP contribution in [0.3, 0.4) is 0 Å². The van der Waals surface area contributed by atoms with Crippen LogP contribution in [0, 0.1) is 6.92 Å². The number of hydrogen-bond donors (Lipinski definition) is 1. The van der Waals surface area contributed by atoms with Crippen LogP contribution in [0.4, 0.5) is 10.6 Å². The smallest absolute Gasteiger partial charge is 0.410 e. The van der Waals surface area contributed by atoms with Crippen LogP contribution in [0.25, 0.3) is 22.6 Å². The molecular formula is C22H30N8O2. The maximum Gasteiger partial charge on any atom is 0.410 e. The molecule has 170 valence electrons. The van der Waals surface area contributed by atoms with E-state index in [9.17, 15) is 4.79 Å². The normalized spacial score (nSPS) is 18.9. The predicted octanol–water partition coefficient (Wildman–Crippen LogP) is 3.42. The van der Waals surface area contributed by atoms with Crippen molar-refractivity contribution in [1.82, 2.24) is 34.4 Å². The van der Waals surface area contributed by atoms with Crippen molar-refractivity contribution in [2.24, 2.45) is 0 Å². The van der Waals surface area contributed by atoms with E-state index in [0.29, 0.717) is 30.2 Å². The van der Waals surface area contributed by atoms with Crippen molar-refractivity contribution in [2.75, 3.05) is 11.9 Å². The van der Waals surface area contributed by atoms with Gasteiger partial charge in [-0.15, -0.1) is 0 Å². The zero-order valence-corrected chi connectivity index (χ0v) is 19.5. The summed E-state index contributed by atoms with van der Waals surface area (Å²) in [6.07, 6.45) is 5.58. The highest BCUT2D eigenvalue weighted by Gasteiger charge is 2.36. The lowest BCUT2D eigenvalue weighted by molar-refractivity contribution is 0.0236. The van der Waals surface area contributed by atoms with Gasteiger partial charge < -0.3 is 19.5 Å². The van der Waals surface area contributed by atoms with Crippen molar-refractivity contribution in [3.63, 3.8) is 0 Å². The largest absolute Gasteiger partial charge is 0.444 e. The molecule has 3 aromatic rings. The summed E-state index contributed by atoms with van der Waals surface area (Å²) < 4.78 is 7.59. The van der Waals surface area contributed by atoms with Crippen LogP contribution in [0.2, 0.25) is 0 Å². The van der Waals surface area contributed by atoms with E-state index < -0.39 is 5.60 Å². The second kappa shape index (κ2) is 8.33. The van der Waals surface area contributed by atoms with Crippen molar-refractivity contribution in [2.45, 2.75) is 72.2 Å². The van der Waals surface area contributed by atoms with Crippen molar-refractivity contribution in [3.05, 3.63) is 24.5 Å². The predicted molar refractivity (Wildman–Crippen MR) is 121 cm³/mol. The highest BCUT2D eigenvalue weighted by Crippen LogP contribution is 2.29. The highest BCUT2D eigenvalue weighted by molar-refractivity contribution is 5.86. The minimum atomic E-state index is -0.524. The first-order valence-corrected chi connectivity index (χ1v) is 10.9. The summed E-state index contributed by atoms with van der Waals surface area (Å²) in [5.74, 6) is 2.11. The van der Waals surface area contributed by atoms with Crippen LogP contribution in [0.5, 0.6) is 0 Å². The third-order valence-electron chi connectivity index (χ3n) is 5.59. The minimum absolute atomic E-state index is 0.0264. The van der Waals surface area contributed by atoms with Crippen molar-refractivity contribution in [3.8, 4) is 11.4 Å². The fourth-order valence-corrected chi connectivity index (χ4v) is 3.96. The Bertz CT molecular complexity index is 1120. The maximum absolute atomic E-state index is 12.6. The fourth-order valence-electron chi connectivity index (χ4n) is 3.96. The van der Waals surface area contributed by atoms with Crippen molar-refractivity contribution < 1.29 is 9.53 Å². The Morgan fingerprint density at radius 1 is 1.22 bits per heavy atom. The topological polar surface area (TPSA) is 111 Å². The van der Waals surface area contributed by atoms with Gasteiger partial charge in [0.1, 0.15) is 23.6 Å².